The van der Waals surface area contributed by atoms with Crippen molar-refractivity contribution in [1.82, 2.24) is 10.2 Å². The summed E-state index contributed by atoms with van der Waals surface area (Å²) >= 11 is 0. The fraction of sp³-hybridized carbons (Fsp3) is 0.355. The van der Waals surface area contributed by atoms with Crippen LogP contribution in [0.25, 0.3) is 0 Å². The van der Waals surface area contributed by atoms with E-state index in [2.05, 4.69) is 5.32 Å². The Bertz CT molecular complexity index is 1460. The first-order chi connectivity index (χ1) is 18.9. The van der Waals surface area contributed by atoms with E-state index in [4.69, 9.17) is 0 Å². The number of benzene rings is 3. The highest BCUT2D eigenvalue weighted by Gasteiger charge is 2.33. The zero-order valence-electron chi connectivity index (χ0n) is 23.9. The molecule has 0 aliphatic carbocycles. The molecule has 3 aromatic carbocycles. The maximum absolute atomic E-state index is 14.7. The van der Waals surface area contributed by atoms with Gasteiger partial charge in [0.2, 0.25) is 11.8 Å². The Hall–Kier alpha value is -3.72. The van der Waals surface area contributed by atoms with Gasteiger partial charge in [0.15, 0.2) is 0 Å². The summed E-state index contributed by atoms with van der Waals surface area (Å²) in [6, 6.07) is 16.6. The molecule has 3 aromatic rings. The molecule has 1 N–H and O–H groups in total. The molecule has 9 heteroatoms. The number of aryl methyl sites for hydroxylation is 2. The average Bonchev–Trinajstić information content (AvgIpc) is 2.92. The number of anilines is 1. The first kappa shape index (κ1) is 30.8. The van der Waals surface area contributed by atoms with Crippen LogP contribution in [0.1, 0.15) is 49.4 Å². The summed E-state index contributed by atoms with van der Waals surface area (Å²) in [7, 11) is -4.18. The molecule has 2 atom stereocenters. The summed E-state index contributed by atoms with van der Waals surface area (Å²) in [6.45, 7) is 10.1. The van der Waals surface area contributed by atoms with Crippen molar-refractivity contribution < 1.29 is 22.4 Å². The molecule has 0 saturated heterocycles. The Morgan fingerprint density at radius 2 is 1.57 bits per heavy atom. The minimum absolute atomic E-state index is 0.0371. The monoisotopic (exact) mass is 567 g/mol. The molecule has 0 fully saturated rings. The Kier molecular flexibility index (Phi) is 10.1. The number of rotatable bonds is 11. The average molecular weight is 568 g/mol. The molecule has 0 bridgehead atoms. The molecule has 3 rings (SSSR count). The van der Waals surface area contributed by atoms with Gasteiger partial charge in [-0.15, -0.1) is 0 Å². The van der Waals surface area contributed by atoms with E-state index in [1.54, 1.807) is 56.3 Å². The zero-order valence-corrected chi connectivity index (χ0v) is 24.8. The molecule has 0 unspecified atom stereocenters. The number of carbonyl (C=O) groups is 2. The number of hydrogen-bond acceptors (Lipinski definition) is 4. The van der Waals surface area contributed by atoms with Gasteiger partial charge in [-0.25, -0.2) is 12.8 Å². The van der Waals surface area contributed by atoms with Gasteiger partial charge in [0, 0.05) is 18.2 Å². The van der Waals surface area contributed by atoms with Crippen LogP contribution < -0.4 is 9.62 Å². The van der Waals surface area contributed by atoms with E-state index in [9.17, 15) is 22.4 Å². The maximum atomic E-state index is 14.7. The number of halogens is 1. The second-order valence-electron chi connectivity index (χ2n) is 10.2. The van der Waals surface area contributed by atoms with Crippen LogP contribution in [-0.4, -0.2) is 43.8 Å². The van der Waals surface area contributed by atoms with Crippen molar-refractivity contribution in [3.8, 4) is 0 Å². The van der Waals surface area contributed by atoms with E-state index in [0.29, 0.717) is 17.7 Å². The molecule has 0 radical (unpaired) electrons. The summed E-state index contributed by atoms with van der Waals surface area (Å²) in [5.41, 5.74) is 3.04. The predicted molar refractivity (Wildman–Crippen MR) is 156 cm³/mol. The van der Waals surface area contributed by atoms with Gasteiger partial charge in [0.1, 0.15) is 18.4 Å². The van der Waals surface area contributed by atoms with Crippen molar-refractivity contribution in [3.05, 3.63) is 94.8 Å². The van der Waals surface area contributed by atoms with E-state index in [-0.39, 0.29) is 23.0 Å². The number of nitrogens with zero attached hydrogens (tertiary/aromatic N) is 2. The van der Waals surface area contributed by atoms with Gasteiger partial charge < -0.3 is 10.2 Å². The largest absolute Gasteiger partial charge is 0.352 e. The molecule has 2 amide bonds. The fourth-order valence-corrected chi connectivity index (χ4v) is 5.69. The van der Waals surface area contributed by atoms with Gasteiger partial charge in [-0.2, -0.15) is 0 Å². The highest BCUT2D eigenvalue weighted by atomic mass is 32.2. The summed E-state index contributed by atoms with van der Waals surface area (Å²) in [5, 5.41) is 2.87. The quantitative estimate of drug-likeness (QED) is 0.342. The molecular weight excluding hydrogens is 529 g/mol. The molecule has 0 aliphatic heterocycles. The molecule has 7 nitrogen and oxygen atoms in total. The first-order valence-electron chi connectivity index (χ1n) is 13.4. The van der Waals surface area contributed by atoms with E-state index in [1.165, 1.54) is 23.1 Å². The number of sulfonamides is 1. The molecule has 214 valence electrons. The lowest BCUT2D eigenvalue weighted by Crippen LogP contribution is -2.52. The minimum atomic E-state index is -4.18. The Morgan fingerprint density at radius 3 is 2.20 bits per heavy atom. The molecule has 0 aromatic heterocycles. The zero-order chi connectivity index (χ0) is 29.6. The highest BCUT2D eigenvalue weighted by molar-refractivity contribution is 7.92. The summed E-state index contributed by atoms with van der Waals surface area (Å²) in [4.78, 5) is 28.4. The normalized spacial score (nSPS) is 12.9. The van der Waals surface area contributed by atoms with E-state index in [1.807, 2.05) is 33.8 Å². The lowest BCUT2D eigenvalue weighted by Gasteiger charge is -2.33. The molecule has 0 spiro atoms. The molecule has 0 saturated carbocycles. The molecular formula is C31H38FN3O4S. The van der Waals surface area contributed by atoms with Crippen molar-refractivity contribution in [2.45, 2.75) is 71.5 Å². The lowest BCUT2D eigenvalue weighted by atomic mass is 10.1. The van der Waals surface area contributed by atoms with Crippen molar-refractivity contribution in [2.75, 3.05) is 10.8 Å². The van der Waals surface area contributed by atoms with Crippen LogP contribution in [-0.2, 0) is 26.2 Å². The number of hydrogen-bond donors (Lipinski definition) is 1. The van der Waals surface area contributed by atoms with Crippen LogP contribution >= 0.6 is 0 Å². The van der Waals surface area contributed by atoms with Gasteiger partial charge in [0.25, 0.3) is 10.0 Å². The fourth-order valence-electron chi connectivity index (χ4n) is 4.21. The molecule has 0 heterocycles. The third kappa shape index (κ3) is 7.07. The lowest BCUT2D eigenvalue weighted by molar-refractivity contribution is -0.139. The number of amides is 2. The molecule has 40 heavy (non-hydrogen) atoms. The van der Waals surface area contributed by atoms with Gasteiger partial charge in [-0.1, -0.05) is 55.0 Å². The highest BCUT2D eigenvalue weighted by Crippen LogP contribution is 2.29. The van der Waals surface area contributed by atoms with Crippen LogP contribution in [0.15, 0.2) is 71.6 Å². The predicted octanol–water partition coefficient (Wildman–Crippen LogP) is 5.28. The van der Waals surface area contributed by atoms with Gasteiger partial charge in [-0.05, 0) is 76.4 Å². The third-order valence-electron chi connectivity index (χ3n) is 7.20. The van der Waals surface area contributed by atoms with Gasteiger partial charge >= 0.3 is 0 Å². The van der Waals surface area contributed by atoms with Crippen molar-refractivity contribution in [3.63, 3.8) is 0 Å². The van der Waals surface area contributed by atoms with Crippen LogP contribution in [0.5, 0.6) is 0 Å². The topological polar surface area (TPSA) is 86.8 Å². The van der Waals surface area contributed by atoms with E-state index >= 15 is 0 Å². The van der Waals surface area contributed by atoms with Crippen LogP contribution in [0.3, 0.4) is 0 Å². The molecule has 0 aliphatic rings. The van der Waals surface area contributed by atoms with Crippen molar-refractivity contribution in [2.24, 2.45) is 0 Å². The van der Waals surface area contributed by atoms with E-state index < -0.39 is 40.2 Å². The Labute approximate surface area is 237 Å². The standard InChI is InChI=1S/C31H38FN3O4S/c1-7-23(4)33-31(37)25(6)34(19-26-12-8-9-13-28(26)32)30(36)20-35(29-14-10-11-22(3)24(29)5)40(38,39)27-17-15-21(2)16-18-27/h8-18,23,25H,7,19-20H2,1-6H3,(H,33,37)/t23-,25-/m1/s1. The van der Waals surface area contributed by atoms with Crippen LogP contribution in [0.4, 0.5) is 10.1 Å². The maximum Gasteiger partial charge on any atom is 0.264 e. The second kappa shape index (κ2) is 13.1. The second-order valence-corrected chi connectivity index (χ2v) is 12.0. The van der Waals surface area contributed by atoms with Crippen molar-refractivity contribution >= 4 is 27.5 Å². The minimum Gasteiger partial charge on any atom is -0.352 e. The smallest absolute Gasteiger partial charge is 0.264 e. The van der Waals surface area contributed by atoms with Gasteiger partial charge in [-0.3, -0.25) is 13.9 Å². The summed E-state index contributed by atoms with van der Waals surface area (Å²) in [6.07, 6.45) is 0.689. The Balaban J connectivity index is 2.08. The Morgan fingerprint density at radius 1 is 0.925 bits per heavy atom. The SMILES string of the molecule is CC[C@@H](C)NC(=O)[C@@H](C)N(Cc1ccccc1F)C(=O)CN(c1cccc(C)c1C)S(=O)(=O)c1ccc(C)cc1. The van der Waals surface area contributed by atoms with E-state index in [0.717, 1.165) is 15.4 Å². The van der Waals surface area contributed by atoms with Crippen LogP contribution in [0.2, 0.25) is 0 Å². The third-order valence-corrected chi connectivity index (χ3v) is 8.97. The van der Waals surface area contributed by atoms with Crippen LogP contribution in [0, 0.1) is 26.6 Å². The first-order valence-corrected chi connectivity index (χ1v) is 14.8. The van der Waals surface area contributed by atoms with Crippen molar-refractivity contribution in [1.29, 1.82) is 0 Å². The van der Waals surface area contributed by atoms with Gasteiger partial charge in [0.05, 0.1) is 10.6 Å². The summed E-state index contributed by atoms with van der Waals surface area (Å²) in [5.74, 6) is -1.56. The number of nitrogens with one attached hydrogen (secondary N) is 1. The number of carbonyl (C=O) groups excluding carboxylic acids is 2. The summed E-state index contributed by atoms with van der Waals surface area (Å²) < 4.78 is 43.7.